The average molecular weight is 678 g/mol. The minimum atomic E-state index is -4.75. The van der Waals surface area contributed by atoms with E-state index >= 15 is 0 Å². The fourth-order valence-corrected chi connectivity index (χ4v) is 7.44. The Morgan fingerprint density at radius 2 is 1.46 bits per heavy atom. The Balaban J connectivity index is 1.59. The molecule has 0 aromatic heterocycles. The van der Waals surface area contributed by atoms with Crippen LogP contribution in [0.1, 0.15) is 47.9 Å². The molecule has 0 spiro atoms. The van der Waals surface area contributed by atoms with Crippen LogP contribution in [0.15, 0.2) is 114 Å². The number of nitrogens with zero attached hydrogens (tertiary/aromatic N) is 2. The van der Waals surface area contributed by atoms with Crippen molar-refractivity contribution in [2.45, 2.75) is 68.7 Å². The largest absolute Gasteiger partial charge is 0.416 e. The van der Waals surface area contributed by atoms with Crippen molar-refractivity contribution in [3.8, 4) is 0 Å². The number of halogens is 3. The smallest absolute Gasteiger partial charge is 0.352 e. The van der Waals surface area contributed by atoms with Crippen LogP contribution in [-0.4, -0.2) is 43.8 Å². The summed E-state index contributed by atoms with van der Waals surface area (Å²) in [5.41, 5.74) is 1.04. The highest BCUT2D eigenvalue weighted by molar-refractivity contribution is 7.92. The molecule has 252 valence electrons. The summed E-state index contributed by atoms with van der Waals surface area (Å²) in [6.07, 6.45) is -1.03. The highest BCUT2D eigenvalue weighted by Gasteiger charge is 2.37. The molecule has 0 heterocycles. The summed E-state index contributed by atoms with van der Waals surface area (Å²) in [6.45, 7) is 1.02. The topological polar surface area (TPSA) is 86.8 Å². The van der Waals surface area contributed by atoms with Gasteiger partial charge in [0.05, 0.1) is 16.1 Å². The molecule has 1 aliphatic carbocycles. The van der Waals surface area contributed by atoms with E-state index in [1.54, 1.807) is 6.07 Å². The normalized spacial score (nSPS) is 14.3. The fraction of sp³-hybridized carbons (Fsp3) is 0.297. The molecule has 0 saturated heterocycles. The van der Waals surface area contributed by atoms with Gasteiger partial charge in [0.1, 0.15) is 12.6 Å². The number of alkyl halides is 3. The molecule has 11 heteroatoms. The van der Waals surface area contributed by atoms with Crippen LogP contribution in [0.5, 0.6) is 0 Å². The lowest BCUT2D eigenvalue weighted by Gasteiger charge is -2.34. The third-order valence-electron chi connectivity index (χ3n) is 8.48. The number of carbonyl (C=O) groups excluding carboxylic acids is 2. The SMILES string of the molecule is Cc1cccc(CN(C(=O)CN(c2cccc(C(F)(F)F)c2)S(=O)(=O)c2ccccc2)C(Cc2ccccc2)C(=O)NC2CCCC2)c1. The average Bonchev–Trinajstić information content (AvgIpc) is 3.58. The highest BCUT2D eigenvalue weighted by Crippen LogP contribution is 2.33. The van der Waals surface area contributed by atoms with Gasteiger partial charge in [0.15, 0.2) is 0 Å². The molecular formula is C37H38F3N3O4S. The molecule has 4 aromatic carbocycles. The summed E-state index contributed by atoms with van der Waals surface area (Å²) >= 11 is 0. The lowest BCUT2D eigenvalue weighted by atomic mass is 10.0. The van der Waals surface area contributed by atoms with E-state index in [-0.39, 0.29) is 35.5 Å². The second-order valence-electron chi connectivity index (χ2n) is 12.1. The van der Waals surface area contributed by atoms with E-state index in [1.807, 2.05) is 61.5 Å². The molecule has 1 saturated carbocycles. The Bertz CT molecular complexity index is 1810. The molecule has 1 atom stereocenters. The van der Waals surface area contributed by atoms with E-state index in [2.05, 4.69) is 5.32 Å². The van der Waals surface area contributed by atoms with Gasteiger partial charge in [0.2, 0.25) is 11.8 Å². The second-order valence-corrected chi connectivity index (χ2v) is 13.9. The van der Waals surface area contributed by atoms with Crippen LogP contribution in [0, 0.1) is 6.92 Å². The van der Waals surface area contributed by atoms with E-state index in [0.717, 1.165) is 48.9 Å². The van der Waals surface area contributed by atoms with Gasteiger partial charge >= 0.3 is 6.18 Å². The van der Waals surface area contributed by atoms with Crippen LogP contribution in [0.25, 0.3) is 0 Å². The third-order valence-corrected chi connectivity index (χ3v) is 10.3. The number of hydrogen-bond acceptors (Lipinski definition) is 4. The minimum Gasteiger partial charge on any atom is -0.352 e. The van der Waals surface area contributed by atoms with Crippen LogP contribution in [0.4, 0.5) is 18.9 Å². The number of anilines is 1. The Labute approximate surface area is 279 Å². The molecule has 1 fully saturated rings. The number of carbonyl (C=O) groups is 2. The van der Waals surface area contributed by atoms with Crippen molar-refractivity contribution in [2.24, 2.45) is 0 Å². The lowest BCUT2D eigenvalue weighted by Crippen LogP contribution is -2.54. The number of aryl methyl sites for hydroxylation is 1. The predicted octanol–water partition coefficient (Wildman–Crippen LogP) is 6.91. The van der Waals surface area contributed by atoms with E-state index in [4.69, 9.17) is 0 Å². The summed E-state index contributed by atoms with van der Waals surface area (Å²) in [5.74, 6) is -1.11. The molecule has 7 nitrogen and oxygen atoms in total. The zero-order valence-corrected chi connectivity index (χ0v) is 27.4. The zero-order chi connectivity index (χ0) is 34.3. The first-order valence-corrected chi connectivity index (χ1v) is 17.3. The Kier molecular flexibility index (Phi) is 10.9. The summed E-state index contributed by atoms with van der Waals surface area (Å²) in [7, 11) is -4.53. The molecule has 1 unspecified atom stereocenters. The van der Waals surface area contributed by atoms with E-state index in [0.29, 0.717) is 15.9 Å². The van der Waals surface area contributed by atoms with Gasteiger partial charge in [-0.25, -0.2) is 8.42 Å². The number of benzene rings is 4. The van der Waals surface area contributed by atoms with Crippen LogP contribution in [0.3, 0.4) is 0 Å². The maximum Gasteiger partial charge on any atom is 0.416 e. The maximum absolute atomic E-state index is 14.6. The van der Waals surface area contributed by atoms with Gasteiger partial charge < -0.3 is 10.2 Å². The van der Waals surface area contributed by atoms with Crippen molar-refractivity contribution in [1.82, 2.24) is 10.2 Å². The van der Waals surface area contributed by atoms with Gasteiger partial charge in [0, 0.05) is 19.0 Å². The standard InChI is InChI=1S/C37H38F3N3O4S/c1-27-12-10-15-29(22-27)25-42(34(23-28-13-4-2-5-14-28)36(45)41-31-17-8-9-18-31)35(44)26-43(48(46,47)33-20-6-3-7-21-33)32-19-11-16-30(24-32)37(38,39)40/h2-7,10-16,19-22,24,31,34H,8-9,17-18,23,25-26H2,1H3,(H,41,45). The van der Waals surface area contributed by atoms with E-state index < -0.39 is 40.3 Å². The van der Waals surface area contributed by atoms with Crippen LogP contribution in [-0.2, 0) is 38.8 Å². The molecule has 0 radical (unpaired) electrons. The molecule has 2 amide bonds. The lowest BCUT2D eigenvalue weighted by molar-refractivity contribution is -0.140. The summed E-state index contributed by atoms with van der Waals surface area (Å²) in [6, 6.07) is 26.6. The number of rotatable bonds is 12. The van der Waals surface area contributed by atoms with Gasteiger partial charge in [-0.2, -0.15) is 13.2 Å². The molecular weight excluding hydrogens is 639 g/mol. The minimum absolute atomic E-state index is 0.0298. The van der Waals surface area contributed by atoms with Crippen molar-refractivity contribution in [3.63, 3.8) is 0 Å². The maximum atomic E-state index is 14.6. The van der Waals surface area contributed by atoms with Crippen molar-refractivity contribution in [2.75, 3.05) is 10.8 Å². The van der Waals surface area contributed by atoms with Crippen molar-refractivity contribution < 1.29 is 31.2 Å². The van der Waals surface area contributed by atoms with Gasteiger partial charge in [-0.15, -0.1) is 0 Å². The fourth-order valence-electron chi connectivity index (χ4n) is 6.01. The third kappa shape index (κ3) is 8.63. The van der Waals surface area contributed by atoms with Gasteiger partial charge in [-0.05, 0) is 61.2 Å². The number of sulfonamides is 1. The molecule has 1 N–H and O–H groups in total. The summed E-state index contributed by atoms with van der Waals surface area (Å²) in [5, 5.41) is 3.11. The first kappa shape index (κ1) is 34.7. The van der Waals surface area contributed by atoms with Crippen molar-refractivity contribution in [1.29, 1.82) is 0 Å². The molecule has 4 aromatic rings. The van der Waals surface area contributed by atoms with Gasteiger partial charge in [-0.3, -0.25) is 13.9 Å². The van der Waals surface area contributed by atoms with E-state index in [9.17, 15) is 31.2 Å². The number of hydrogen-bond donors (Lipinski definition) is 1. The predicted molar refractivity (Wildman–Crippen MR) is 178 cm³/mol. The Morgan fingerprint density at radius 3 is 2.10 bits per heavy atom. The summed E-state index contributed by atoms with van der Waals surface area (Å²) < 4.78 is 70.2. The first-order chi connectivity index (χ1) is 22.9. The molecule has 0 bridgehead atoms. The number of nitrogens with one attached hydrogen (secondary N) is 1. The molecule has 5 rings (SSSR count). The van der Waals surface area contributed by atoms with Crippen LogP contribution >= 0.6 is 0 Å². The molecule has 0 aliphatic heterocycles. The van der Waals surface area contributed by atoms with Gasteiger partial charge in [0.25, 0.3) is 10.0 Å². The van der Waals surface area contributed by atoms with Crippen molar-refractivity contribution >= 4 is 27.5 Å². The van der Waals surface area contributed by atoms with E-state index in [1.165, 1.54) is 35.2 Å². The monoisotopic (exact) mass is 677 g/mol. The molecule has 1 aliphatic rings. The first-order valence-electron chi connectivity index (χ1n) is 15.9. The van der Waals surface area contributed by atoms with Crippen LogP contribution < -0.4 is 9.62 Å². The Morgan fingerprint density at radius 1 is 0.833 bits per heavy atom. The Hall–Kier alpha value is -4.64. The number of amides is 2. The zero-order valence-electron chi connectivity index (χ0n) is 26.6. The summed E-state index contributed by atoms with van der Waals surface area (Å²) in [4.78, 5) is 29.8. The highest BCUT2D eigenvalue weighted by atomic mass is 32.2. The van der Waals surface area contributed by atoms with Crippen LogP contribution in [0.2, 0.25) is 0 Å². The molecule has 48 heavy (non-hydrogen) atoms. The van der Waals surface area contributed by atoms with Gasteiger partial charge in [-0.1, -0.05) is 97.3 Å². The quantitative estimate of drug-likeness (QED) is 0.177. The second kappa shape index (κ2) is 15.1. The van der Waals surface area contributed by atoms with Crippen molar-refractivity contribution in [3.05, 3.63) is 131 Å².